The summed E-state index contributed by atoms with van der Waals surface area (Å²) in [5.41, 5.74) is 6.42. The second-order valence-electron chi connectivity index (χ2n) is 5.91. The average Bonchev–Trinajstić information content (AvgIpc) is 2.38. The lowest BCUT2D eigenvalue weighted by Crippen LogP contribution is -2.56. The standard InChI is InChI=1S/C15H32N2O/c1-4-17(10-5-6-11-18-3)15(13-16)9-7-8-14(2)12-15/h14H,4-13,16H2,1-3H3. The predicted molar refractivity (Wildman–Crippen MR) is 77.8 cm³/mol. The van der Waals surface area contributed by atoms with Crippen LogP contribution in [0.1, 0.15) is 52.4 Å². The van der Waals surface area contributed by atoms with E-state index in [9.17, 15) is 0 Å². The number of hydrogen-bond acceptors (Lipinski definition) is 3. The Labute approximate surface area is 113 Å². The highest BCUT2D eigenvalue weighted by Gasteiger charge is 2.37. The molecule has 1 fully saturated rings. The second-order valence-corrected chi connectivity index (χ2v) is 5.91. The summed E-state index contributed by atoms with van der Waals surface area (Å²) in [6, 6.07) is 0. The molecular weight excluding hydrogens is 224 g/mol. The number of likely N-dealkylation sites (N-methyl/N-ethyl adjacent to an activating group) is 1. The van der Waals surface area contributed by atoms with Crippen LogP contribution in [0.4, 0.5) is 0 Å². The smallest absolute Gasteiger partial charge is 0.0462 e. The summed E-state index contributed by atoms with van der Waals surface area (Å²) in [4.78, 5) is 2.64. The van der Waals surface area contributed by atoms with E-state index in [1.807, 2.05) is 0 Å². The molecule has 2 N–H and O–H groups in total. The molecule has 0 spiro atoms. The van der Waals surface area contributed by atoms with Gasteiger partial charge in [0.25, 0.3) is 0 Å². The van der Waals surface area contributed by atoms with Crippen molar-refractivity contribution in [2.75, 3.05) is 33.4 Å². The van der Waals surface area contributed by atoms with Gasteiger partial charge >= 0.3 is 0 Å². The van der Waals surface area contributed by atoms with E-state index < -0.39 is 0 Å². The summed E-state index contributed by atoms with van der Waals surface area (Å²) in [7, 11) is 1.78. The number of rotatable bonds is 8. The van der Waals surface area contributed by atoms with E-state index in [2.05, 4.69) is 18.7 Å². The number of ether oxygens (including phenoxy) is 1. The van der Waals surface area contributed by atoms with Crippen molar-refractivity contribution >= 4 is 0 Å². The van der Waals surface area contributed by atoms with E-state index >= 15 is 0 Å². The van der Waals surface area contributed by atoms with Crippen LogP contribution in [-0.4, -0.2) is 43.8 Å². The average molecular weight is 256 g/mol. The van der Waals surface area contributed by atoms with Crippen molar-refractivity contribution in [2.45, 2.75) is 57.9 Å². The molecule has 0 amide bonds. The van der Waals surface area contributed by atoms with Crippen LogP contribution >= 0.6 is 0 Å². The molecule has 1 aliphatic carbocycles. The van der Waals surface area contributed by atoms with Gasteiger partial charge in [0, 0.05) is 25.8 Å². The lowest BCUT2D eigenvalue weighted by atomic mass is 9.75. The molecule has 2 unspecified atom stereocenters. The van der Waals surface area contributed by atoms with Gasteiger partial charge in [-0.15, -0.1) is 0 Å². The Morgan fingerprint density at radius 2 is 2.17 bits per heavy atom. The Hall–Kier alpha value is -0.120. The highest BCUT2D eigenvalue weighted by molar-refractivity contribution is 4.95. The van der Waals surface area contributed by atoms with E-state index in [0.717, 1.165) is 32.0 Å². The number of methoxy groups -OCH3 is 1. The Bertz CT molecular complexity index is 223. The van der Waals surface area contributed by atoms with E-state index in [1.165, 1.54) is 38.6 Å². The molecule has 0 aromatic heterocycles. The molecule has 108 valence electrons. The zero-order chi connectivity index (χ0) is 13.4. The van der Waals surface area contributed by atoms with Gasteiger partial charge in [0.15, 0.2) is 0 Å². The zero-order valence-corrected chi connectivity index (χ0v) is 12.6. The molecule has 0 aromatic carbocycles. The molecule has 0 bridgehead atoms. The maximum absolute atomic E-state index is 6.14. The maximum Gasteiger partial charge on any atom is 0.0462 e. The summed E-state index contributed by atoms with van der Waals surface area (Å²) in [5, 5.41) is 0. The normalized spacial score (nSPS) is 28.8. The maximum atomic E-state index is 6.14. The van der Waals surface area contributed by atoms with Crippen molar-refractivity contribution in [2.24, 2.45) is 11.7 Å². The van der Waals surface area contributed by atoms with Crippen LogP contribution in [0.5, 0.6) is 0 Å². The Morgan fingerprint density at radius 3 is 2.72 bits per heavy atom. The largest absolute Gasteiger partial charge is 0.385 e. The van der Waals surface area contributed by atoms with Crippen LogP contribution in [0, 0.1) is 5.92 Å². The minimum atomic E-state index is 0.277. The van der Waals surface area contributed by atoms with Gasteiger partial charge in [0.05, 0.1) is 0 Å². The van der Waals surface area contributed by atoms with Crippen molar-refractivity contribution in [3.63, 3.8) is 0 Å². The first-order valence-electron chi connectivity index (χ1n) is 7.62. The van der Waals surface area contributed by atoms with E-state index in [-0.39, 0.29) is 5.54 Å². The third-order valence-electron chi connectivity index (χ3n) is 4.53. The highest BCUT2D eigenvalue weighted by Crippen LogP contribution is 2.36. The van der Waals surface area contributed by atoms with Gasteiger partial charge in [-0.3, -0.25) is 4.90 Å². The summed E-state index contributed by atoms with van der Waals surface area (Å²) in [5.74, 6) is 0.829. The third kappa shape index (κ3) is 4.22. The van der Waals surface area contributed by atoms with Crippen molar-refractivity contribution in [3.8, 4) is 0 Å². The summed E-state index contributed by atoms with van der Waals surface area (Å²) in [6.45, 7) is 8.63. The Balaban J connectivity index is 2.53. The zero-order valence-electron chi connectivity index (χ0n) is 12.6. The highest BCUT2D eigenvalue weighted by atomic mass is 16.5. The van der Waals surface area contributed by atoms with Gasteiger partial charge in [0.2, 0.25) is 0 Å². The molecule has 0 heterocycles. The van der Waals surface area contributed by atoms with Crippen LogP contribution in [-0.2, 0) is 4.74 Å². The van der Waals surface area contributed by atoms with E-state index in [1.54, 1.807) is 7.11 Å². The van der Waals surface area contributed by atoms with Crippen LogP contribution in [0.25, 0.3) is 0 Å². The molecule has 2 atom stereocenters. The molecule has 3 nitrogen and oxygen atoms in total. The minimum absolute atomic E-state index is 0.277. The van der Waals surface area contributed by atoms with Gasteiger partial charge in [0.1, 0.15) is 0 Å². The van der Waals surface area contributed by atoms with Gasteiger partial charge < -0.3 is 10.5 Å². The lowest BCUT2D eigenvalue weighted by Gasteiger charge is -2.47. The molecule has 0 radical (unpaired) electrons. The monoisotopic (exact) mass is 256 g/mol. The number of unbranched alkanes of at least 4 members (excludes halogenated alkanes) is 1. The van der Waals surface area contributed by atoms with Crippen LogP contribution < -0.4 is 5.73 Å². The summed E-state index contributed by atoms with van der Waals surface area (Å²) in [6.07, 6.45) is 7.66. The third-order valence-corrected chi connectivity index (χ3v) is 4.53. The molecule has 18 heavy (non-hydrogen) atoms. The molecule has 0 aromatic rings. The first-order chi connectivity index (χ1) is 8.68. The first-order valence-corrected chi connectivity index (χ1v) is 7.62. The number of nitrogens with zero attached hydrogens (tertiary/aromatic N) is 1. The SMILES string of the molecule is CCN(CCCCOC)C1(CN)CCCC(C)C1. The number of hydrogen-bond donors (Lipinski definition) is 1. The van der Waals surface area contributed by atoms with Crippen LogP contribution in [0.3, 0.4) is 0 Å². The Morgan fingerprint density at radius 1 is 1.39 bits per heavy atom. The van der Waals surface area contributed by atoms with Crippen LogP contribution in [0.2, 0.25) is 0 Å². The second kappa shape index (κ2) is 8.13. The molecular formula is C15H32N2O. The van der Waals surface area contributed by atoms with Crippen molar-refractivity contribution in [1.82, 2.24) is 4.90 Å². The molecule has 3 heteroatoms. The first kappa shape index (κ1) is 15.9. The fourth-order valence-electron chi connectivity index (χ4n) is 3.51. The topological polar surface area (TPSA) is 38.5 Å². The minimum Gasteiger partial charge on any atom is -0.385 e. The molecule has 0 saturated heterocycles. The Kier molecular flexibility index (Phi) is 7.20. The van der Waals surface area contributed by atoms with E-state index in [4.69, 9.17) is 10.5 Å². The number of nitrogens with two attached hydrogens (primary N) is 1. The van der Waals surface area contributed by atoms with Crippen molar-refractivity contribution < 1.29 is 4.74 Å². The quantitative estimate of drug-likeness (QED) is 0.679. The fourth-order valence-corrected chi connectivity index (χ4v) is 3.51. The van der Waals surface area contributed by atoms with E-state index in [0.29, 0.717) is 0 Å². The van der Waals surface area contributed by atoms with Gasteiger partial charge in [-0.2, -0.15) is 0 Å². The van der Waals surface area contributed by atoms with Crippen molar-refractivity contribution in [3.05, 3.63) is 0 Å². The lowest BCUT2D eigenvalue weighted by molar-refractivity contribution is 0.0403. The molecule has 0 aliphatic heterocycles. The van der Waals surface area contributed by atoms with Gasteiger partial charge in [-0.1, -0.05) is 26.7 Å². The molecule has 1 aliphatic rings. The van der Waals surface area contributed by atoms with Gasteiger partial charge in [-0.05, 0) is 44.7 Å². The van der Waals surface area contributed by atoms with Crippen LogP contribution in [0.15, 0.2) is 0 Å². The molecule has 1 saturated carbocycles. The summed E-state index contributed by atoms with van der Waals surface area (Å²) >= 11 is 0. The predicted octanol–water partition coefficient (Wildman–Crippen LogP) is 2.64. The van der Waals surface area contributed by atoms with Gasteiger partial charge in [-0.25, -0.2) is 0 Å². The summed E-state index contributed by atoms with van der Waals surface area (Å²) < 4.78 is 5.13. The van der Waals surface area contributed by atoms with Crippen molar-refractivity contribution in [1.29, 1.82) is 0 Å². The fraction of sp³-hybridized carbons (Fsp3) is 1.00. The molecule has 1 rings (SSSR count).